The fourth-order valence-electron chi connectivity index (χ4n) is 2.80. The number of rotatable bonds is 6. The zero-order chi connectivity index (χ0) is 18.4. The van der Waals surface area contributed by atoms with Crippen LogP contribution in [-0.4, -0.2) is 44.7 Å². The third-order valence-electron chi connectivity index (χ3n) is 4.28. The number of anilines is 2. The van der Waals surface area contributed by atoms with Crippen LogP contribution < -0.4 is 15.5 Å². The third-order valence-corrected chi connectivity index (χ3v) is 4.28. The average Bonchev–Trinajstić information content (AvgIpc) is 3.19. The quantitative estimate of drug-likeness (QED) is 0.828. The summed E-state index contributed by atoms with van der Waals surface area (Å²) in [6.07, 6.45) is 3.01. The highest BCUT2D eigenvalue weighted by Crippen LogP contribution is 2.23. The molecule has 0 spiro atoms. The van der Waals surface area contributed by atoms with Crippen LogP contribution >= 0.6 is 0 Å². The van der Waals surface area contributed by atoms with Crippen molar-refractivity contribution in [2.24, 2.45) is 0 Å². The maximum atomic E-state index is 12.1. The van der Waals surface area contributed by atoms with Crippen LogP contribution in [0.1, 0.15) is 22.3 Å². The molecule has 3 rings (SSSR count). The molecule has 2 heterocycles. The van der Waals surface area contributed by atoms with Gasteiger partial charge in [-0.2, -0.15) is 0 Å². The molecule has 1 fully saturated rings. The van der Waals surface area contributed by atoms with Crippen LogP contribution in [0.25, 0.3) is 0 Å². The average molecular weight is 357 g/mol. The van der Waals surface area contributed by atoms with Crippen molar-refractivity contribution in [3.05, 3.63) is 47.9 Å². The monoisotopic (exact) mass is 357 g/mol. The minimum Gasteiger partial charge on any atom is -0.472 e. The van der Waals surface area contributed by atoms with Crippen molar-refractivity contribution in [3.63, 3.8) is 0 Å². The maximum absolute atomic E-state index is 12.1. The lowest BCUT2D eigenvalue weighted by Gasteiger charge is -2.29. The SMILES string of the molecule is Cc1cc(N2CCOCC2)ccc1NC(=O)CCNC(=O)c1ccoc1. The van der Waals surface area contributed by atoms with E-state index in [0.29, 0.717) is 5.56 Å². The van der Waals surface area contributed by atoms with E-state index in [2.05, 4.69) is 21.6 Å². The maximum Gasteiger partial charge on any atom is 0.254 e. The first-order chi connectivity index (χ1) is 12.6. The van der Waals surface area contributed by atoms with Gasteiger partial charge in [0.25, 0.3) is 5.91 Å². The molecule has 2 N–H and O–H groups in total. The van der Waals surface area contributed by atoms with Crippen LogP contribution in [0, 0.1) is 6.92 Å². The Morgan fingerprint density at radius 2 is 2.00 bits per heavy atom. The van der Waals surface area contributed by atoms with E-state index < -0.39 is 0 Å². The highest BCUT2D eigenvalue weighted by molar-refractivity contribution is 5.95. The molecular weight excluding hydrogens is 334 g/mol. The molecule has 7 heteroatoms. The summed E-state index contributed by atoms with van der Waals surface area (Å²) >= 11 is 0. The molecule has 0 radical (unpaired) electrons. The summed E-state index contributed by atoms with van der Waals surface area (Å²) in [7, 11) is 0. The Morgan fingerprint density at radius 1 is 1.19 bits per heavy atom. The molecule has 138 valence electrons. The molecule has 7 nitrogen and oxygen atoms in total. The van der Waals surface area contributed by atoms with E-state index in [9.17, 15) is 9.59 Å². The molecule has 0 saturated carbocycles. The highest BCUT2D eigenvalue weighted by atomic mass is 16.5. The third kappa shape index (κ3) is 4.64. The van der Waals surface area contributed by atoms with E-state index in [0.717, 1.165) is 43.2 Å². The predicted octanol–water partition coefficient (Wildman–Crippen LogP) is 2.18. The van der Waals surface area contributed by atoms with Crippen LogP contribution in [0.3, 0.4) is 0 Å². The summed E-state index contributed by atoms with van der Waals surface area (Å²) < 4.78 is 10.2. The predicted molar refractivity (Wildman–Crippen MR) is 98.5 cm³/mol. The van der Waals surface area contributed by atoms with Crippen molar-refractivity contribution >= 4 is 23.2 Å². The molecule has 1 saturated heterocycles. The summed E-state index contributed by atoms with van der Waals surface area (Å²) in [5.74, 6) is -0.391. The van der Waals surface area contributed by atoms with E-state index >= 15 is 0 Å². The number of carbonyl (C=O) groups excluding carboxylic acids is 2. The van der Waals surface area contributed by atoms with Gasteiger partial charge in [0.1, 0.15) is 6.26 Å². The van der Waals surface area contributed by atoms with E-state index in [1.807, 2.05) is 19.1 Å². The van der Waals surface area contributed by atoms with Crippen molar-refractivity contribution in [2.45, 2.75) is 13.3 Å². The number of nitrogens with zero attached hydrogens (tertiary/aromatic N) is 1. The van der Waals surface area contributed by atoms with Gasteiger partial charge in [-0.05, 0) is 36.8 Å². The molecule has 0 atom stereocenters. The number of aryl methyl sites for hydroxylation is 1. The molecule has 1 aromatic heterocycles. The molecule has 0 unspecified atom stereocenters. The van der Waals surface area contributed by atoms with Crippen LogP contribution in [0.5, 0.6) is 0 Å². The van der Waals surface area contributed by atoms with Crippen LogP contribution in [0.15, 0.2) is 41.2 Å². The summed E-state index contributed by atoms with van der Waals surface area (Å²) in [5, 5.41) is 5.59. The first kappa shape index (κ1) is 18.0. The van der Waals surface area contributed by atoms with Crippen molar-refractivity contribution in [3.8, 4) is 0 Å². The highest BCUT2D eigenvalue weighted by Gasteiger charge is 2.13. The second-order valence-corrected chi connectivity index (χ2v) is 6.16. The Morgan fingerprint density at radius 3 is 2.69 bits per heavy atom. The van der Waals surface area contributed by atoms with Gasteiger partial charge in [0.15, 0.2) is 0 Å². The Kier molecular flexibility index (Phi) is 5.91. The molecule has 1 aromatic carbocycles. The van der Waals surface area contributed by atoms with Gasteiger partial charge in [-0.1, -0.05) is 0 Å². The van der Waals surface area contributed by atoms with Gasteiger partial charge >= 0.3 is 0 Å². The van der Waals surface area contributed by atoms with E-state index in [-0.39, 0.29) is 24.8 Å². The number of hydrogen-bond acceptors (Lipinski definition) is 5. The zero-order valence-corrected chi connectivity index (χ0v) is 14.8. The Labute approximate surface area is 152 Å². The van der Waals surface area contributed by atoms with Crippen LogP contribution in [0.2, 0.25) is 0 Å². The largest absolute Gasteiger partial charge is 0.472 e. The number of hydrogen-bond donors (Lipinski definition) is 2. The molecule has 26 heavy (non-hydrogen) atoms. The van der Waals surface area contributed by atoms with Gasteiger partial charge < -0.3 is 24.7 Å². The van der Waals surface area contributed by atoms with Gasteiger partial charge in [0, 0.05) is 37.4 Å². The second-order valence-electron chi connectivity index (χ2n) is 6.16. The molecule has 2 amide bonds. The van der Waals surface area contributed by atoms with Crippen molar-refractivity contribution in [1.82, 2.24) is 5.32 Å². The minimum atomic E-state index is -0.252. The fourth-order valence-corrected chi connectivity index (χ4v) is 2.80. The lowest BCUT2D eigenvalue weighted by molar-refractivity contribution is -0.116. The summed E-state index contributed by atoms with van der Waals surface area (Å²) in [6.45, 7) is 5.47. The van der Waals surface area contributed by atoms with Gasteiger partial charge in [0.2, 0.25) is 5.91 Å². The minimum absolute atomic E-state index is 0.139. The van der Waals surface area contributed by atoms with Crippen LogP contribution in [0.4, 0.5) is 11.4 Å². The molecule has 0 bridgehead atoms. The first-order valence-corrected chi connectivity index (χ1v) is 8.67. The normalized spacial score (nSPS) is 14.1. The standard InChI is InChI=1S/C19H23N3O4/c1-14-12-16(22-7-10-25-11-8-22)2-3-17(14)21-18(23)4-6-20-19(24)15-5-9-26-13-15/h2-3,5,9,12-13H,4,6-8,10-11H2,1H3,(H,20,24)(H,21,23). The van der Waals surface area contributed by atoms with Crippen molar-refractivity contribution < 1.29 is 18.7 Å². The Hall–Kier alpha value is -2.80. The molecule has 1 aliphatic heterocycles. The number of carbonyl (C=O) groups is 2. The Bertz CT molecular complexity index is 752. The van der Waals surface area contributed by atoms with E-state index in [1.54, 1.807) is 6.07 Å². The topological polar surface area (TPSA) is 83.8 Å². The van der Waals surface area contributed by atoms with E-state index in [1.165, 1.54) is 12.5 Å². The van der Waals surface area contributed by atoms with Gasteiger partial charge in [-0.15, -0.1) is 0 Å². The Balaban J connectivity index is 1.48. The second kappa shape index (κ2) is 8.53. The lowest BCUT2D eigenvalue weighted by Crippen LogP contribution is -2.36. The van der Waals surface area contributed by atoms with Crippen molar-refractivity contribution in [2.75, 3.05) is 43.1 Å². The number of morpholine rings is 1. The first-order valence-electron chi connectivity index (χ1n) is 8.67. The number of nitrogens with one attached hydrogen (secondary N) is 2. The summed E-state index contributed by atoms with van der Waals surface area (Å²) in [4.78, 5) is 26.2. The molecule has 2 aromatic rings. The molecular formula is C19H23N3O4. The number of ether oxygens (including phenoxy) is 1. The van der Waals surface area contributed by atoms with Crippen molar-refractivity contribution in [1.29, 1.82) is 0 Å². The van der Waals surface area contributed by atoms with E-state index in [4.69, 9.17) is 9.15 Å². The van der Waals surface area contributed by atoms with Gasteiger partial charge in [-0.3, -0.25) is 9.59 Å². The lowest BCUT2D eigenvalue weighted by atomic mass is 10.1. The molecule has 1 aliphatic rings. The number of furan rings is 1. The number of amides is 2. The molecule has 0 aliphatic carbocycles. The fraction of sp³-hybridized carbons (Fsp3) is 0.368. The van der Waals surface area contributed by atoms with Gasteiger partial charge in [-0.25, -0.2) is 0 Å². The summed E-state index contributed by atoms with van der Waals surface area (Å²) in [5.41, 5.74) is 3.37. The zero-order valence-electron chi connectivity index (χ0n) is 14.8. The van der Waals surface area contributed by atoms with Gasteiger partial charge in [0.05, 0.1) is 25.0 Å². The van der Waals surface area contributed by atoms with Crippen LogP contribution in [-0.2, 0) is 9.53 Å². The summed E-state index contributed by atoms with van der Waals surface area (Å²) in [6, 6.07) is 7.58. The smallest absolute Gasteiger partial charge is 0.254 e. The number of benzene rings is 1.